The largest absolute Gasteiger partial charge is 0.359 e. The summed E-state index contributed by atoms with van der Waals surface area (Å²) in [4.78, 5) is 3.16. The lowest BCUT2D eigenvalue weighted by molar-refractivity contribution is 0.621. The number of aromatic amines is 1. The number of fused-ring (bicyclic) bond motifs is 1. The number of H-pyrrole nitrogens is 1. The van der Waals surface area contributed by atoms with Gasteiger partial charge in [0.05, 0.1) is 0 Å². The highest BCUT2D eigenvalue weighted by molar-refractivity contribution is 5.83. The van der Waals surface area contributed by atoms with Crippen LogP contribution in [0.5, 0.6) is 0 Å². The number of halogens is 1. The van der Waals surface area contributed by atoms with Crippen LogP contribution in [0, 0.1) is 19.7 Å². The highest BCUT2D eigenvalue weighted by atomic mass is 19.1. The van der Waals surface area contributed by atoms with Gasteiger partial charge < -0.3 is 4.98 Å². The van der Waals surface area contributed by atoms with E-state index in [2.05, 4.69) is 4.98 Å². The molecule has 1 N–H and O–H groups in total. The molecule has 0 amide bonds. The van der Waals surface area contributed by atoms with Gasteiger partial charge in [0, 0.05) is 16.6 Å². The molecule has 2 heteroatoms. The second-order valence-electron chi connectivity index (χ2n) is 3.09. The minimum Gasteiger partial charge on any atom is -0.359 e. The van der Waals surface area contributed by atoms with E-state index in [1.807, 2.05) is 13.0 Å². The van der Waals surface area contributed by atoms with E-state index in [0.717, 1.165) is 22.2 Å². The Morgan fingerprint density at radius 2 is 2.00 bits per heavy atom. The zero-order valence-corrected chi connectivity index (χ0v) is 7.11. The average molecular weight is 163 g/mol. The van der Waals surface area contributed by atoms with Gasteiger partial charge in [0.2, 0.25) is 0 Å². The predicted octanol–water partition coefficient (Wildman–Crippen LogP) is 2.92. The van der Waals surface area contributed by atoms with Crippen LogP contribution < -0.4 is 0 Å². The topological polar surface area (TPSA) is 15.8 Å². The normalized spacial score (nSPS) is 10.9. The standard InChI is InChI=1S/C10H10FN/c1-6-5-8-7(2)9(11)3-4-10(8)12-6/h3-5,12H,1-2H3. The highest BCUT2D eigenvalue weighted by Crippen LogP contribution is 2.21. The van der Waals surface area contributed by atoms with Crippen LogP contribution >= 0.6 is 0 Å². The highest BCUT2D eigenvalue weighted by Gasteiger charge is 2.03. The molecule has 0 saturated carbocycles. The summed E-state index contributed by atoms with van der Waals surface area (Å²) in [6.07, 6.45) is 0. The summed E-state index contributed by atoms with van der Waals surface area (Å²) < 4.78 is 13.0. The summed E-state index contributed by atoms with van der Waals surface area (Å²) in [5.74, 6) is -0.137. The lowest BCUT2D eigenvalue weighted by Gasteiger charge is -1.96. The quantitative estimate of drug-likeness (QED) is 0.614. The molecule has 0 radical (unpaired) electrons. The van der Waals surface area contributed by atoms with Gasteiger partial charge in [-0.15, -0.1) is 0 Å². The molecule has 0 atom stereocenters. The Balaban J connectivity index is 2.89. The van der Waals surface area contributed by atoms with Crippen LogP contribution in [0.3, 0.4) is 0 Å². The SMILES string of the molecule is Cc1cc2c(C)c(F)ccc2[nH]1. The number of nitrogens with one attached hydrogen (secondary N) is 1. The Hall–Kier alpha value is -1.31. The molecule has 0 aliphatic heterocycles. The van der Waals surface area contributed by atoms with Crippen molar-refractivity contribution in [2.45, 2.75) is 13.8 Å². The van der Waals surface area contributed by atoms with Crippen LogP contribution in [-0.2, 0) is 0 Å². The second-order valence-corrected chi connectivity index (χ2v) is 3.09. The fraction of sp³-hybridized carbons (Fsp3) is 0.200. The Labute approximate surface area is 70.2 Å². The Bertz CT molecular complexity index is 429. The first kappa shape index (κ1) is 7.35. The number of hydrogen-bond donors (Lipinski definition) is 1. The molecular formula is C10H10FN. The molecule has 0 bridgehead atoms. The van der Waals surface area contributed by atoms with Crippen LogP contribution in [0.25, 0.3) is 10.9 Å². The second kappa shape index (κ2) is 2.34. The molecule has 2 aromatic rings. The maximum atomic E-state index is 13.0. The predicted molar refractivity (Wildman–Crippen MR) is 47.7 cm³/mol. The first-order valence-electron chi connectivity index (χ1n) is 3.93. The first-order chi connectivity index (χ1) is 5.68. The van der Waals surface area contributed by atoms with E-state index in [0.29, 0.717) is 0 Å². The number of hydrogen-bond acceptors (Lipinski definition) is 0. The van der Waals surface area contributed by atoms with Crippen molar-refractivity contribution < 1.29 is 4.39 Å². The van der Waals surface area contributed by atoms with Crippen LogP contribution in [0.1, 0.15) is 11.3 Å². The molecule has 0 spiro atoms. The Kier molecular flexibility index (Phi) is 1.43. The van der Waals surface area contributed by atoms with Crippen molar-refractivity contribution in [3.63, 3.8) is 0 Å². The molecule has 1 aromatic heterocycles. The van der Waals surface area contributed by atoms with Crippen LogP contribution in [0.4, 0.5) is 4.39 Å². The van der Waals surface area contributed by atoms with Gasteiger partial charge in [0.1, 0.15) is 5.82 Å². The number of rotatable bonds is 0. The molecule has 0 saturated heterocycles. The molecule has 0 fully saturated rings. The lowest BCUT2D eigenvalue weighted by atomic mass is 10.1. The zero-order chi connectivity index (χ0) is 8.72. The van der Waals surface area contributed by atoms with Crippen LogP contribution in [0.15, 0.2) is 18.2 Å². The molecule has 1 heterocycles. The van der Waals surface area contributed by atoms with Crippen LogP contribution in [0.2, 0.25) is 0 Å². The van der Waals surface area contributed by atoms with E-state index < -0.39 is 0 Å². The van der Waals surface area contributed by atoms with E-state index in [4.69, 9.17) is 0 Å². The number of benzene rings is 1. The minimum atomic E-state index is -0.137. The van der Waals surface area contributed by atoms with Crippen molar-refractivity contribution in [1.82, 2.24) is 4.98 Å². The first-order valence-corrected chi connectivity index (χ1v) is 3.93. The van der Waals surface area contributed by atoms with E-state index in [-0.39, 0.29) is 5.82 Å². The van der Waals surface area contributed by atoms with E-state index in [1.54, 1.807) is 13.0 Å². The van der Waals surface area contributed by atoms with Gasteiger partial charge in [-0.05, 0) is 37.6 Å². The third kappa shape index (κ3) is 0.916. The van der Waals surface area contributed by atoms with Gasteiger partial charge in [-0.1, -0.05) is 0 Å². The molecule has 0 unspecified atom stereocenters. The van der Waals surface area contributed by atoms with E-state index in [1.165, 1.54) is 6.07 Å². The van der Waals surface area contributed by atoms with Gasteiger partial charge in [-0.3, -0.25) is 0 Å². The molecular weight excluding hydrogens is 153 g/mol. The van der Waals surface area contributed by atoms with Crippen molar-refractivity contribution in [3.8, 4) is 0 Å². The van der Waals surface area contributed by atoms with E-state index >= 15 is 0 Å². The molecule has 0 aliphatic carbocycles. The van der Waals surface area contributed by atoms with Gasteiger partial charge in [-0.25, -0.2) is 4.39 Å². The monoisotopic (exact) mass is 163 g/mol. The summed E-state index contributed by atoms with van der Waals surface area (Å²) in [5.41, 5.74) is 2.79. The maximum Gasteiger partial charge on any atom is 0.126 e. The zero-order valence-electron chi connectivity index (χ0n) is 7.11. The molecule has 2 rings (SSSR count). The molecule has 12 heavy (non-hydrogen) atoms. The van der Waals surface area contributed by atoms with E-state index in [9.17, 15) is 4.39 Å². The van der Waals surface area contributed by atoms with Crippen molar-refractivity contribution in [1.29, 1.82) is 0 Å². The summed E-state index contributed by atoms with van der Waals surface area (Å²) in [6, 6.07) is 5.23. The average Bonchev–Trinajstić information content (AvgIpc) is 2.39. The van der Waals surface area contributed by atoms with Crippen molar-refractivity contribution in [2.75, 3.05) is 0 Å². The molecule has 0 aliphatic rings. The summed E-state index contributed by atoms with van der Waals surface area (Å²) in [7, 11) is 0. The van der Waals surface area contributed by atoms with Crippen molar-refractivity contribution in [2.24, 2.45) is 0 Å². The van der Waals surface area contributed by atoms with Gasteiger partial charge in [0.15, 0.2) is 0 Å². The third-order valence-corrected chi connectivity index (χ3v) is 2.14. The summed E-state index contributed by atoms with van der Waals surface area (Å²) in [6.45, 7) is 3.77. The molecule has 62 valence electrons. The van der Waals surface area contributed by atoms with Gasteiger partial charge >= 0.3 is 0 Å². The molecule has 1 nitrogen and oxygen atoms in total. The summed E-state index contributed by atoms with van der Waals surface area (Å²) >= 11 is 0. The van der Waals surface area contributed by atoms with Crippen molar-refractivity contribution >= 4 is 10.9 Å². The smallest absolute Gasteiger partial charge is 0.126 e. The Morgan fingerprint density at radius 1 is 1.25 bits per heavy atom. The summed E-state index contributed by atoms with van der Waals surface area (Å²) in [5, 5.41) is 0.979. The third-order valence-electron chi connectivity index (χ3n) is 2.14. The fourth-order valence-electron chi connectivity index (χ4n) is 1.46. The fourth-order valence-corrected chi connectivity index (χ4v) is 1.46. The molecule has 1 aromatic carbocycles. The number of aryl methyl sites for hydroxylation is 2. The Morgan fingerprint density at radius 3 is 2.75 bits per heavy atom. The van der Waals surface area contributed by atoms with Gasteiger partial charge in [-0.2, -0.15) is 0 Å². The lowest BCUT2D eigenvalue weighted by Crippen LogP contribution is -1.81. The van der Waals surface area contributed by atoms with Crippen LogP contribution in [-0.4, -0.2) is 4.98 Å². The van der Waals surface area contributed by atoms with Gasteiger partial charge in [0.25, 0.3) is 0 Å². The number of aromatic nitrogens is 1. The van der Waals surface area contributed by atoms with Crippen molar-refractivity contribution in [3.05, 3.63) is 35.3 Å². The maximum absolute atomic E-state index is 13.0. The minimum absolute atomic E-state index is 0.137.